The van der Waals surface area contributed by atoms with Gasteiger partial charge in [-0.15, -0.1) is 27.0 Å². The number of nitrogens with zero attached hydrogens (tertiary/aromatic N) is 1. The van der Waals surface area contributed by atoms with Crippen molar-refractivity contribution in [1.82, 2.24) is 0 Å². The van der Waals surface area contributed by atoms with Crippen molar-refractivity contribution < 1.29 is 8.42 Å². The molecule has 3 rings (SSSR count). The number of sulfonamides is 1. The molecule has 1 fully saturated rings. The first-order chi connectivity index (χ1) is 11.7. The summed E-state index contributed by atoms with van der Waals surface area (Å²) in [5.74, 6) is 0.610. The molecule has 0 amide bonds. The Kier molecular flexibility index (Phi) is 5.31. The largest absolute Gasteiger partial charge is 0.288 e. The topological polar surface area (TPSA) is 46.5 Å². The first kappa shape index (κ1) is 18.9. The fraction of sp³-hybridized carbons (Fsp3) is 0.333. The van der Waals surface area contributed by atoms with E-state index in [1.807, 2.05) is 38.1 Å². The first-order valence-corrected chi connectivity index (χ1v) is 11.4. The fourth-order valence-electron chi connectivity index (χ4n) is 2.38. The summed E-state index contributed by atoms with van der Waals surface area (Å²) in [6.45, 7) is 3.91. The highest BCUT2D eigenvalue weighted by Crippen LogP contribution is 2.53. The lowest BCUT2D eigenvalue weighted by atomic mass is 10.2. The molecule has 0 heterocycles. The lowest BCUT2D eigenvalue weighted by molar-refractivity contribution is 0.598. The third kappa shape index (κ3) is 4.64. The van der Waals surface area contributed by atoms with Crippen molar-refractivity contribution >= 4 is 43.9 Å². The van der Waals surface area contributed by atoms with Gasteiger partial charge in [0, 0.05) is 16.6 Å². The van der Waals surface area contributed by atoms with E-state index in [1.165, 1.54) is 0 Å². The molecule has 0 saturated heterocycles. The van der Waals surface area contributed by atoms with Crippen LogP contribution >= 0.6 is 23.2 Å². The van der Waals surface area contributed by atoms with Gasteiger partial charge in [-0.25, -0.2) is 0 Å². The van der Waals surface area contributed by atoms with Gasteiger partial charge in [0.2, 0.25) is 0 Å². The van der Waals surface area contributed by atoms with Crippen molar-refractivity contribution in [1.29, 1.82) is 0 Å². The fourth-order valence-corrected chi connectivity index (χ4v) is 6.87. The quantitative estimate of drug-likeness (QED) is 0.641. The zero-order valence-electron chi connectivity index (χ0n) is 13.9. The Bertz CT molecular complexity index is 905. The Morgan fingerprint density at radius 2 is 1.52 bits per heavy atom. The molecule has 0 radical (unpaired) electrons. The highest BCUT2D eigenvalue weighted by Gasteiger charge is 2.51. The summed E-state index contributed by atoms with van der Waals surface area (Å²) in [7, 11) is -4.56. The Labute approximate surface area is 161 Å². The van der Waals surface area contributed by atoms with Crippen LogP contribution in [0.3, 0.4) is 0 Å². The third-order valence-corrected chi connectivity index (χ3v) is 8.95. The number of alkyl halides is 2. The van der Waals surface area contributed by atoms with E-state index in [1.54, 1.807) is 24.3 Å². The van der Waals surface area contributed by atoms with Gasteiger partial charge in [-0.05, 0) is 44.5 Å². The van der Waals surface area contributed by atoms with Crippen LogP contribution in [0.4, 0.5) is 0 Å². The standard InChI is InChI=1S/C18H19Cl2NO2S2/c1-13-3-7-16(8-4-13)24(12-15-11-18(15,19)20)21-25(22,23)17-9-5-14(2)6-10-17/h3-10,15H,11-12H2,1-2H3/t15-,24-/m1/s1. The second kappa shape index (κ2) is 7.03. The molecule has 3 nitrogen and oxygen atoms in total. The zero-order valence-corrected chi connectivity index (χ0v) is 17.1. The van der Waals surface area contributed by atoms with Gasteiger partial charge >= 0.3 is 0 Å². The van der Waals surface area contributed by atoms with Crippen LogP contribution in [0.25, 0.3) is 0 Å². The highest BCUT2D eigenvalue weighted by atomic mass is 35.5. The molecule has 1 aliphatic rings. The molecule has 2 aromatic rings. The number of hydrogen-bond donors (Lipinski definition) is 0. The lowest BCUT2D eigenvalue weighted by Crippen LogP contribution is -2.08. The van der Waals surface area contributed by atoms with Crippen LogP contribution < -0.4 is 0 Å². The summed E-state index contributed by atoms with van der Waals surface area (Å²) in [6, 6.07) is 14.5. The van der Waals surface area contributed by atoms with Crippen molar-refractivity contribution in [3.05, 3.63) is 59.7 Å². The molecule has 2 atom stereocenters. The van der Waals surface area contributed by atoms with Gasteiger partial charge < -0.3 is 0 Å². The van der Waals surface area contributed by atoms with Gasteiger partial charge in [0.25, 0.3) is 10.0 Å². The second-order valence-corrected chi connectivity index (χ2v) is 11.5. The zero-order chi connectivity index (χ0) is 18.2. The van der Waals surface area contributed by atoms with Crippen molar-refractivity contribution in [2.75, 3.05) is 5.75 Å². The Morgan fingerprint density at radius 1 is 1.04 bits per heavy atom. The van der Waals surface area contributed by atoms with Crippen LogP contribution in [0.15, 0.2) is 62.1 Å². The predicted molar refractivity (Wildman–Crippen MR) is 105 cm³/mol. The van der Waals surface area contributed by atoms with Crippen LogP contribution in [0, 0.1) is 19.8 Å². The lowest BCUT2D eigenvalue weighted by Gasteiger charge is -2.10. The van der Waals surface area contributed by atoms with Crippen LogP contribution in [-0.4, -0.2) is 18.5 Å². The maximum Gasteiger partial charge on any atom is 0.288 e. The summed E-state index contributed by atoms with van der Waals surface area (Å²) in [4.78, 5) is 1.10. The third-order valence-electron chi connectivity index (χ3n) is 4.11. The second-order valence-electron chi connectivity index (χ2n) is 6.37. The minimum Gasteiger partial charge on any atom is -0.199 e. The Balaban J connectivity index is 1.99. The molecule has 25 heavy (non-hydrogen) atoms. The van der Waals surface area contributed by atoms with E-state index in [0.717, 1.165) is 16.0 Å². The molecule has 2 aromatic carbocycles. The Hall–Kier alpha value is -0.880. The number of rotatable bonds is 5. The number of benzene rings is 2. The molecule has 0 aliphatic heterocycles. The van der Waals surface area contributed by atoms with E-state index < -0.39 is 25.0 Å². The SMILES string of the molecule is Cc1ccc([S@@](C[C@H]2CC2(Cl)Cl)=NS(=O)(=O)c2ccc(C)cc2)cc1. The number of halogens is 2. The van der Waals surface area contributed by atoms with E-state index in [-0.39, 0.29) is 10.8 Å². The molecular weight excluding hydrogens is 397 g/mol. The molecule has 0 N–H and O–H groups in total. The van der Waals surface area contributed by atoms with Gasteiger partial charge in [0.05, 0.1) is 4.90 Å². The normalized spacial score (nSPS) is 20.4. The van der Waals surface area contributed by atoms with Gasteiger partial charge in [-0.1, -0.05) is 46.1 Å². The predicted octanol–water partition coefficient (Wildman–Crippen LogP) is 5.05. The van der Waals surface area contributed by atoms with E-state index in [9.17, 15) is 8.42 Å². The van der Waals surface area contributed by atoms with Crippen molar-refractivity contribution in [2.24, 2.45) is 9.69 Å². The average molecular weight is 416 g/mol. The smallest absolute Gasteiger partial charge is 0.199 e. The van der Waals surface area contributed by atoms with E-state index in [0.29, 0.717) is 12.2 Å². The summed E-state index contributed by atoms with van der Waals surface area (Å²) >= 11 is 12.3. The summed E-state index contributed by atoms with van der Waals surface area (Å²) in [5.41, 5.74) is 2.12. The first-order valence-electron chi connectivity index (χ1n) is 7.87. The summed E-state index contributed by atoms with van der Waals surface area (Å²) in [5, 5.41) is 0. The molecule has 7 heteroatoms. The average Bonchev–Trinajstić information content (AvgIpc) is 3.14. The molecule has 0 unspecified atom stereocenters. The summed E-state index contributed by atoms with van der Waals surface area (Å²) in [6.07, 6.45) is 0.672. The minimum atomic E-state index is -3.74. The van der Waals surface area contributed by atoms with Gasteiger partial charge in [-0.3, -0.25) is 0 Å². The maximum atomic E-state index is 12.7. The van der Waals surface area contributed by atoms with Gasteiger partial charge in [-0.2, -0.15) is 8.42 Å². The van der Waals surface area contributed by atoms with Crippen molar-refractivity contribution in [2.45, 2.75) is 34.4 Å². The summed E-state index contributed by atoms with van der Waals surface area (Å²) < 4.78 is 28.9. The Morgan fingerprint density at radius 3 is 2.00 bits per heavy atom. The van der Waals surface area contributed by atoms with Gasteiger partial charge in [0.15, 0.2) is 0 Å². The number of hydrogen-bond acceptors (Lipinski definition) is 2. The van der Waals surface area contributed by atoms with E-state index in [4.69, 9.17) is 23.2 Å². The van der Waals surface area contributed by atoms with Crippen LogP contribution in [-0.2, 0) is 20.7 Å². The van der Waals surface area contributed by atoms with Gasteiger partial charge in [0.1, 0.15) is 4.33 Å². The molecule has 0 spiro atoms. The monoisotopic (exact) mass is 415 g/mol. The van der Waals surface area contributed by atoms with Crippen molar-refractivity contribution in [3.63, 3.8) is 0 Å². The molecule has 1 aliphatic carbocycles. The minimum absolute atomic E-state index is 0.0671. The molecule has 0 bridgehead atoms. The molecule has 0 aromatic heterocycles. The molecular formula is C18H19Cl2NO2S2. The maximum absolute atomic E-state index is 12.7. The molecule has 1 saturated carbocycles. The van der Waals surface area contributed by atoms with Crippen molar-refractivity contribution in [3.8, 4) is 0 Å². The van der Waals surface area contributed by atoms with E-state index in [2.05, 4.69) is 3.77 Å². The van der Waals surface area contributed by atoms with Crippen LogP contribution in [0.1, 0.15) is 17.5 Å². The van der Waals surface area contributed by atoms with Crippen LogP contribution in [0.5, 0.6) is 0 Å². The molecule has 134 valence electrons. The highest BCUT2D eigenvalue weighted by molar-refractivity contribution is 8.00. The van der Waals surface area contributed by atoms with E-state index >= 15 is 0 Å². The number of aryl methyl sites for hydroxylation is 2. The van der Waals surface area contributed by atoms with Crippen LogP contribution in [0.2, 0.25) is 0 Å².